The van der Waals surface area contributed by atoms with Crippen LogP contribution in [0.15, 0.2) is 6.07 Å². The maximum Gasteiger partial charge on any atom is 0.418 e. The predicted molar refractivity (Wildman–Crippen MR) is 152 cm³/mol. The summed E-state index contributed by atoms with van der Waals surface area (Å²) in [5, 5.41) is 3.35. The summed E-state index contributed by atoms with van der Waals surface area (Å²) >= 11 is 6.78. The Morgan fingerprint density at radius 2 is 2.05 bits per heavy atom. The molecule has 0 unspecified atom stereocenters. The zero-order valence-corrected chi connectivity index (χ0v) is 24.4. The number of anilines is 2. The molecule has 0 radical (unpaired) electrons. The Bertz CT molecular complexity index is 1710. The number of halogens is 6. The van der Waals surface area contributed by atoms with E-state index in [-0.39, 0.29) is 70.4 Å². The van der Waals surface area contributed by atoms with Gasteiger partial charge in [0.15, 0.2) is 11.6 Å². The maximum atomic E-state index is 16.8. The molecule has 234 valence electrons. The number of fused-ring (bicyclic) bond motifs is 6. The van der Waals surface area contributed by atoms with Gasteiger partial charge in [-0.1, -0.05) is 11.6 Å². The second-order valence-corrected chi connectivity index (χ2v) is 12.9. The average molecular weight is 638 g/mol. The van der Waals surface area contributed by atoms with Crippen LogP contribution in [0.2, 0.25) is 5.02 Å². The van der Waals surface area contributed by atoms with Gasteiger partial charge < -0.3 is 25.4 Å². The van der Waals surface area contributed by atoms with Crippen molar-refractivity contribution in [1.29, 1.82) is 0 Å². The highest BCUT2D eigenvalue weighted by Crippen LogP contribution is 2.51. The molecule has 1 aromatic carbocycles. The molecule has 0 spiro atoms. The molecule has 4 saturated heterocycles. The summed E-state index contributed by atoms with van der Waals surface area (Å²) in [6.07, 6.45) is -2.98. The molecular formula is C29H29ClF5N7O2. The normalized spacial score (nSPS) is 29.2. The number of nitrogen functional groups attached to an aromatic ring is 1. The van der Waals surface area contributed by atoms with Crippen molar-refractivity contribution in [2.45, 2.75) is 68.6 Å². The van der Waals surface area contributed by atoms with Crippen molar-refractivity contribution in [2.24, 2.45) is 0 Å². The smallest absolute Gasteiger partial charge is 0.418 e. The van der Waals surface area contributed by atoms with Crippen molar-refractivity contribution in [2.75, 3.05) is 43.5 Å². The highest BCUT2D eigenvalue weighted by atomic mass is 35.5. The Balaban J connectivity index is 1.34. The van der Waals surface area contributed by atoms with Crippen LogP contribution in [0.5, 0.6) is 11.8 Å². The lowest BCUT2D eigenvalue weighted by molar-refractivity contribution is -0.137. The SMILES string of the molecule is Cc1cc(N)nc(-c2c(Cl)c3c4c(nc(OC[C@@]56CCN5C[C@H](F)C6)nc4c2F)N2C[C@H]4CC[C@H](N4)[C@H]2CO3)c1C(F)(F)F. The van der Waals surface area contributed by atoms with Crippen molar-refractivity contribution < 1.29 is 31.4 Å². The fourth-order valence-electron chi connectivity index (χ4n) is 7.83. The summed E-state index contributed by atoms with van der Waals surface area (Å²) < 4.78 is 86.5. The molecular weight excluding hydrogens is 609 g/mol. The van der Waals surface area contributed by atoms with Crippen LogP contribution in [0.4, 0.5) is 33.6 Å². The molecule has 0 amide bonds. The third kappa shape index (κ3) is 4.13. The third-order valence-electron chi connectivity index (χ3n) is 9.94. The lowest BCUT2D eigenvalue weighted by Crippen LogP contribution is -2.60. The second-order valence-electron chi connectivity index (χ2n) is 12.6. The number of alkyl halides is 4. The highest BCUT2D eigenvalue weighted by Gasteiger charge is 2.53. The van der Waals surface area contributed by atoms with Gasteiger partial charge in [0.1, 0.15) is 36.5 Å². The Kier molecular flexibility index (Phi) is 6.19. The van der Waals surface area contributed by atoms with Gasteiger partial charge in [0.25, 0.3) is 0 Å². The van der Waals surface area contributed by atoms with Crippen LogP contribution in [-0.2, 0) is 6.18 Å². The van der Waals surface area contributed by atoms with Crippen molar-refractivity contribution in [3.05, 3.63) is 28.0 Å². The monoisotopic (exact) mass is 637 g/mol. The van der Waals surface area contributed by atoms with E-state index in [0.29, 0.717) is 25.3 Å². The number of hydrogen-bond donors (Lipinski definition) is 2. The van der Waals surface area contributed by atoms with Crippen molar-refractivity contribution in [3.63, 3.8) is 0 Å². The molecule has 8 rings (SSSR count). The van der Waals surface area contributed by atoms with Gasteiger partial charge in [0.2, 0.25) is 0 Å². The summed E-state index contributed by atoms with van der Waals surface area (Å²) in [6, 6.07) is 0.927. The number of hydrogen-bond acceptors (Lipinski definition) is 9. The number of piperazine rings is 1. The number of benzene rings is 1. The molecule has 3 N–H and O–H groups in total. The number of nitrogens with one attached hydrogen (secondary N) is 1. The fourth-order valence-corrected chi connectivity index (χ4v) is 8.15. The molecule has 5 aliphatic heterocycles. The number of pyridine rings is 1. The lowest BCUT2D eigenvalue weighted by Gasteiger charge is -2.47. The first-order valence-corrected chi connectivity index (χ1v) is 15.1. The largest absolute Gasteiger partial charge is 0.489 e. The summed E-state index contributed by atoms with van der Waals surface area (Å²) in [5.74, 6) is -1.05. The predicted octanol–water partition coefficient (Wildman–Crippen LogP) is 4.66. The van der Waals surface area contributed by atoms with E-state index in [4.69, 9.17) is 31.8 Å². The lowest BCUT2D eigenvalue weighted by atomic mass is 9.86. The fraction of sp³-hybridized carbons (Fsp3) is 0.552. The first-order valence-electron chi connectivity index (χ1n) is 14.7. The van der Waals surface area contributed by atoms with Gasteiger partial charge in [-0.05, 0) is 37.8 Å². The first-order chi connectivity index (χ1) is 20.9. The molecule has 44 heavy (non-hydrogen) atoms. The molecule has 3 aromatic rings. The van der Waals surface area contributed by atoms with Crippen LogP contribution >= 0.6 is 11.6 Å². The van der Waals surface area contributed by atoms with Gasteiger partial charge in [-0.2, -0.15) is 23.1 Å². The van der Waals surface area contributed by atoms with Crippen molar-refractivity contribution in [1.82, 2.24) is 25.2 Å². The Morgan fingerprint density at radius 3 is 2.77 bits per heavy atom. The van der Waals surface area contributed by atoms with Crippen LogP contribution < -0.4 is 25.4 Å². The van der Waals surface area contributed by atoms with E-state index in [1.807, 2.05) is 9.80 Å². The van der Waals surface area contributed by atoms with Crippen LogP contribution in [-0.4, -0.2) is 82.5 Å². The summed E-state index contributed by atoms with van der Waals surface area (Å²) in [7, 11) is 0. The Hall–Kier alpha value is -3.23. The van der Waals surface area contributed by atoms with Crippen LogP contribution in [0, 0.1) is 12.7 Å². The first kappa shape index (κ1) is 28.3. The van der Waals surface area contributed by atoms with E-state index in [1.54, 1.807) is 0 Å². The number of rotatable bonds is 4. The topological polar surface area (TPSA) is 102 Å². The Labute approximate surface area is 253 Å². The minimum absolute atomic E-state index is 0.0280. The highest BCUT2D eigenvalue weighted by molar-refractivity contribution is 6.36. The van der Waals surface area contributed by atoms with E-state index in [2.05, 4.69) is 15.3 Å². The Morgan fingerprint density at radius 1 is 1.23 bits per heavy atom. The van der Waals surface area contributed by atoms with Crippen LogP contribution in [0.25, 0.3) is 22.2 Å². The summed E-state index contributed by atoms with van der Waals surface area (Å²) in [4.78, 5) is 17.1. The molecule has 0 saturated carbocycles. The molecule has 7 heterocycles. The minimum atomic E-state index is -4.89. The molecule has 15 heteroatoms. The van der Waals surface area contributed by atoms with E-state index in [9.17, 15) is 17.6 Å². The van der Waals surface area contributed by atoms with Crippen molar-refractivity contribution in [3.8, 4) is 23.0 Å². The zero-order chi connectivity index (χ0) is 30.7. The number of aryl methyl sites for hydroxylation is 1. The molecule has 2 bridgehead atoms. The molecule has 9 nitrogen and oxygen atoms in total. The summed E-state index contributed by atoms with van der Waals surface area (Å²) in [6.45, 7) is 3.07. The van der Waals surface area contributed by atoms with Gasteiger partial charge in [-0.3, -0.25) is 4.90 Å². The minimum Gasteiger partial charge on any atom is -0.489 e. The van der Waals surface area contributed by atoms with Gasteiger partial charge >= 0.3 is 12.2 Å². The number of nitrogens with two attached hydrogens (primary N) is 1. The molecule has 2 aromatic heterocycles. The van der Waals surface area contributed by atoms with E-state index < -0.39 is 40.5 Å². The van der Waals surface area contributed by atoms with Crippen LogP contribution in [0.1, 0.15) is 36.8 Å². The van der Waals surface area contributed by atoms with Crippen LogP contribution in [0.3, 0.4) is 0 Å². The standard InChI is InChI=1S/C29H29ClF5N7O2/c1-12-6-17(36)38-23(20(12)29(33,34)35)18-21(30)25-19-24(22(18)32)39-27(44-11-28-4-5-41(28)8-13(31)7-28)40-26(19)42-9-14-2-3-15(37-14)16(42)10-43-25/h6,13-16,37H,2-5,7-11H2,1H3,(H2,36,38)/t13-,14-,15+,16-,28+/m1/s1. The van der Waals surface area contributed by atoms with Gasteiger partial charge in [-0.15, -0.1) is 0 Å². The maximum absolute atomic E-state index is 16.8. The van der Waals surface area contributed by atoms with E-state index in [0.717, 1.165) is 31.9 Å². The number of ether oxygens (including phenoxy) is 2. The summed E-state index contributed by atoms with van der Waals surface area (Å²) in [5.41, 5.74) is 2.29. The molecule has 5 aliphatic rings. The quantitative estimate of drug-likeness (QED) is 0.396. The zero-order valence-electron chi connectivity index (χ0n) is 23.6. The molecule has 5 atom stereocenters. The van der Waals surface area contributed by atoms with Gasteiger partial charge in [0, 0.05) is 38.1 Å². The van der Waals surface area contributed by atoms with Gasteiger partial charge in [0.05, 0.1) is 38.8 Å². The molecule has 4 fully saturated rings. The third-order valence-corrected chi connectivity index (χ3v) is 10.3. The number of nitrogens with zero attached hydrogens (tertiary/aromatic N) is 5. The average Bonchev–Trinajstić information content (AvgIpc) is 3.36. The van der Waals surface area contributed by atoms with Crippen molar-refractivity contribution >= 4 is 34.1 Å². The second kappa shape index (κ2) is 9.63. The van der Waals surface area contributed by atoms with E-state index in [1.165, 1.54) is 6.92 Å². The van der Waals surface area contributed by atoms with Gasteiger partial charge in [-0.25, -0.2) is 13.8 Å². The van der Waals surface area contributed by atoms with E-state index >= 15 is 4.39 Å². The number of aromatic nitrogens is 3. The molecule has 0 aliphatic carbocycles.